The second-order valence-corrected chi connectivity index (χ2v) is 6.31. The molecule has 2 aromatic heterocycles. The van der Waals surface area contributed by atoms with Gasteiger partial charge in [0.05, 0.1) is 11.7 Å². The van der Waals surface area contributed by atoms with Gasteiger partial charge in [0, 0.05) is 43.7 Å². The van der Waals surface area contributed by atoms with Crippen molar-refractivity contribution in [3.05, 3.63) is 47.0 Å². The number of nitrogens with zero attached hydrogens (tertiary/aromatic N) is 4. The molecule has 0 spiro atoms. The summed E-state index contributed by atoms with van der Waals surface area (Å²) in [6.45, 7) is 4.99. The molecule has 5 heteroatoms. The van der Waals surface area contributed by atoms with Crippen molar-refractivity contribution in [1.29, 1.82) is 0 Å². The zero-order valence-corrected chi connectivity index (χ0v) is 14.1. The van der Waals surface area contributed by atoms with Crippen molar-refractivity contribution >= 4 is 5.91 Å². The second kappa shape index (κ2) is 6.52. The molecule has 2 aromatic rings. The summed E-state index contributed by atoms with van der Waals surface area (Å²) in [6, 6.07) is 4.14. The number of likely N-dealkylation sites (tertiary alicyclic amines) is 1. The first-order valence-corrected chi connectivity index (χ1v) is 8.26. The quantitative estimate of drug-likeness (QED) is 0.872. The molecular formula is C18H24N4O. The van der Waals surface area contributed by atoms with Crippen LogP contribution in [-0.4, -0.2) is 32.1 Å². The summed E-state index contributed by atoms with van der Waals surface area (Å²) in [5, 5.41) is 4.51. The van der Waals surface area contributed by atoms with Crippen molar-refractivity contribution in [2.24, 2.45) is 7.05 Å². The lowest BCUT2D eigenvalue weighted by molar-refractivity contribution is -0.132. The molecule has 5 nitrogen and oxygen atoms in total. The molecule has 3 heterocycles. The van der Waals surface area contributed by atoms with Crippen LogP contribution in [0.1, 0.15) is 47.8 Å². The van der Waals surface area contributed by atoms with E-state index in [4.69, 9.17) is 0 Å². The van der Waals surface area contributed by atoms with Crippen LogP contribution < -0.4 is 0 Å². The molecule has 0 unspecified atom stereocenters. The fourth-order valence-electron chi connectivity index (χ4n) is 3.58. The fourth-order valence-corrected chi connectivity index (χ4v) is 3.58. The van der Waals surface area contributed by atoms with Crippen LogP contribution in [0.2, 0.25) is 0 Å². The third-order valence-electron chi connectivity index (χ3n) is 4.85. The Morgan fingerprint density at radius 3 is 2.70 bits per heavy atom. The molecule has 0 saturated carbocycles. The molecule has 1 atom stereocenters. The number of amides is 1. The topological polar surface area (TPSA) is 51.0 Å². The highest BCUT2D eigenvalue weighted by Crippen LogP contribution is 2.35. The van der Waals surface area contributed by atoms with Gasteiger partial charge in [0.2, 0.25) is 5.91 Å². The van der Waals surface area contributed by atoms with E-state index in [1.54, 1.807) is 12.4 Å². The Hall–Kier alpha value is -2.17. The average molecular weight is 312 g/mol. The predicted octanol–water partition coefficient (Wildman–Crippen LogP) is 2.73. The maximum atomic E-state index is 12.7. The number of pyridine rings is 1. The lowest BCUT2D eigenvalue weighted by Crippen LogP contribution is -2.31. The highest BCUT2D eigenvalue weighted by molar-refractivity contribution is 5.77. The molecule has 1 aliphatic heterocycles. The van der Waals surface area contributed by atoms with Crippen LogP contribution in [0, 0.1) is 13.8 Å². The van der Waals surface area contributed by atoms with Crippen LogP contribution in [0.5, 0.6) is 0 Å². The largest absolute Gasteiger partial charge is 0.336 e. The van der Waals surface area contributed by atoms with Gasteiger partial charge in [0.15, 0.2) is 0 Å². The number of aryl methyl sites for hydroxylation is 3. The first-order valence-electron chi connectivity index (χ1n) is 8.26. The van der Waals surface area contributed by atoms with Crippen LogP contribution in [0.15, 0.2) is 24.5 Å². The summed E-state index contributed by atoms with van der Waals surface area (Å²) in [4.78, 5) is 18.8. The predicted molar refractivity (Wildman–Crippen MR) is 88.9 cm³/mol. The monoisotopic (exact) mass is 312 g/mol. The molecule has 1 fully saturated rings. The van der Waals surface area contributed by atoms with Gasteiger partial charge >= 0.3 is 0 Å². The number of hydrogen-bond donors (Lipinski definition) is 0. The molecule has 1 amide bonds. The van der Waals surface area contributed by atoms with Crippen LogP contribution in [0.3, 0.4) is 0 Å². The highest BCUT2D eigenvalue weighted by Gasteiger charge is 2.33. The van der Waals surface area contributed by atoms with E-state index in [2.05, 4.69) is 21.9 Å². The van der Waals surface area contributed by atoms with Gasteiger partial charge in [-0.3, -0.25) is 14.5 Å². The summed E-state index contributed by atoms with van der Waals surface area (Å²) in [7, 11) is 1.97. The van der Waals surface area contributed by atoms with E-state index in [0.717, 1.165) is 37.1 Å². The standard InChI is InChI=1S/C18H24N4O/c1-13-18(14(2)21(3)20-13)16-5-4-12-22(16)17(23)7-6-15-8-10-19-11-9-15/h8-11,16H,4-7,12H2,1-3H3/t16-/m0/s1. The maximum absolute atomic E-state index is 12.7. The van der Waals surface area contributed by atoms with Crippen molar-refractivity contribution < 1.29 is 4.79 Å². The van der Waals surface area contributed by atoms with Gasteiger partial charge in [-0.2, -0.15) is 5.10 Å². The summed E-state index contributed by atoms with van der Waals surface area (Å²) in [5.74, 6) is 0.243. The molecule has 0 N–H and O–H groups in total. The van der Waals surface area contributed by atoms with E-state index in [1.807, 2.05) is 30.8 Å². The minimum Gasteiger partial charge on any atom is -0.336 e. The lowest BCUT2D eigenvalue weighted by Gasteiger charge is -2.25. The molecule has 3 rings (SSSR count). The van der Waals surface area contributed by atoms with Gasteiger partial charge in [-0.05, 0) is 50.8 Å². The van der Waals surface area contributed by atoms with Gasteiger partial charge in [0.1, 0.15) is 0 Å². The van der Waals surface area contributed by atoms with E-state index in [-0.39, 0.29) is 11.9 Å². The third-order valence-corrected chi connectivity index (χ3v) is 4.85. The molecule has 0 aliphatic carbocycles. The van der Waals surface area contributed by atoms with Crippen LogP contribution in [0.25, 0.3) is 0 Å². The highest BCUT2D eigenvalue weighted by atomic mass is 16.2. The molecule has 1 aliphatic rings. The van der Waals surface area contributed by atoms with Crippen molar-refractivity contribution in [3.8, 4) is 0 Å². The molecule has 23 heavy (non-hydrogen) atoms. The minimum atomic E-state index is 0.189. The van der Waals surface area contributed by atoms with Crippen molar-refractivity contribution in [1.82, 2.24) is 19.7 Å². The normalized spacial score (nSPS) is 17.7. The van der Waals surface area contributed by atoms with Gasteiger partial charge in [-0.1, -0.05) is 0 Å². The Labute approximate surface area is 137 Å². The summed E-state index contributed by atoms with van der Waals surface area (Å²) in [6.07, 6.45) is 6.99. The van der Waals surface area contributed by atoms with E-state index < -0.39 is 0 Å². The maximum Gasteiger partial charge on any atom is 0.223 e. The molecule has 122 valence electrons. The number of hydrogen-bond acceptors (Lipinski definition) is 3. The Morgan fingerprint density at radius 1 is 1.30 bits per heavy atom. The number of rotatable bonds is 4. The van der Waals surface area contributed by atoms with Gasteiger partial charge in [0.25, 0.3) is 0 Å². The SMILES string of the molecule is Cc1nn(C)c(C)c1[C@@H]1CCCN1C(=O)CCc1ccncc1. The van der Waals surface area contributed by atoms with E-state index in [9.17, 15) is 4.79 Å². The third kappa shape index (κ3) is 3.14. The Kier molecular flexibility index (Phi) is 4.46. The smallest absolute Gasteiger partial charge is 0.223 e. The summed E-state index contributed by atoms with van der Waals surface area (Å²) in [5.41, 5.74) is 4.62. The van der Waals surface area contributed by atoms with Crippen LogP contribution >= 0.6 is 0 Å². The fraction of sp³-hybridized carbons (Fsp3) is 0.500. The molecule has 0 bridgehead atoms. The van der Waals surface area contributed by atoms with E-state index >= 15 is 0 Å². The van der Waals surface area contributed by atoms with Crippen LogP contribution in [-0.2, 0) is 18.3 Å². The first-order chi connectivity index (χ1) is 11.1. The Bertz CT molecular complexity index is 693. The molecule has 0 radical (unpaired) electrons. The molecule has 1 saturated heterocycles. The second-order valence-electron chi connectivity index (χ2n) is 6.31. The minimum absolute atomic E-state index is 0.189. The number of carbonyl (C=O) groups excluding carboxylic acids is 1. The molecule has 0 aromatic carbocycles. The van der Waals surface area contributed by atoms with Crippen LogP contribution in [0.4, 0.5) is 0 Å². The lowest BCUT2D eigenvalue weighted by atomic mass is 10.0. The Morgan fingerprint density at radius 2 is 2.04 bits per heavy atom. The van der Waals surface area contributed by atoms with E-state index in [0.29, 0.717) is 6.42 Å². The van der Waals surface area contributed by atoms with Crippen molar-refractivity contribution in [2.45, 2.75) is 45.6 Å². The zero-order valence-electron chi connectivity index (χ0n) is 14.1. The average Bonchev–Trinajstić information content (AvgIpc) is 3.11. The van der Waals surface area contributed by atoms with Gasteiger partial charge < -0.3 is 4.90 Å². The Balaban J connectivity index is 1.72. The van der Waals surface area contributed by atoms with Gasteiger partial charge in [-0.15, -0.1) is 0 Å². The van der Waals surface area contributed by atoms with Crippen molar-refractivity contribution in [2.75, 3.05) is 6.54 Å². The number of aromatic nitrogens is 3. The number of carbonyl (C=O) groups is 1. The summed E-state index contributed by atoms with van der Waals surface area (Å²) >= 11 is 0. The van der Waals surface area contributed by atoms with Crippen molar-refractivity contribution in [3.63, 3.8) is 0 Å². The van der Waals surface area contributed by atoms with Gasteiger partial charge in [-0.25, -0.2) is 0 Å². The zero-order chi connectivity index (χ0) is 16.4. The summed E-state index contributed by atoms with van der Waals surface area (Å²) < 4.78 is 1.92. The first kappa shape index (κ1) is 15.7. The van der Waals surface area contributed by atoms with E-state index in [1.165, 1.54) is 11.3 Å². The molecular weight excluding hydrogens is 288 g/mol.